The van der Waals surface area contributed by atoms with Crippen LogP contribution in [0.1, 0.15) is 125 Å². The molecule has 0 fully saturated rings. The first kappa shape index (κ1) is 32.8. The molecular weight excluding hydrogens is 444 g/mol. The second-order valence-electron chi connectivity index (χ2n) is 8.72. The Kier molecular flexibility index (Phi) is 18.9. The predicted molar refractivity (Wildman–Crippen MR) is 134 cm³/mol. The number of ether oxygens (including phenoxy) is 4. The van der Waals surface area contributed by atoms with Gasteiger partial charge in [0.2, 0.25) is 5.79 Å². The van der Waals surface area contributed by atoms with Gasteiger partial charge in [-0.2, -0.15) is 8.42 Å². The molecule has 0 aliphatic heterocycles. The van der Waals surface area contributed by atoms with Gasteiger partial charge in [0.15, 0.2) is 0 Å². The van der Waals surface area contributed by atoms with E-state index in [-0.39, 0.29) is 26.4 Å². The molecule has 0 aliphatic rings. The third-order valence-corrected chi connectivity index (χ3v) is 7.15. The number of hydrogen-bond donors (Lipinski definition) is 1. The lowest BCUT2D eigenvalue weighted by atomic mass is 10.0. The van der Waals surface area contributed by atoms with E-state index in [9.17, 15) is 13.0 Å². The average Bonchev–Trinajstić information content (AvgIpc) is 2.75. The summed E-state index contributed by atoms with van der Waals surface area (Å²) in [6, 6.07) is 0. The van der Waals surface area contributed by atoms with Gasteiger partial charge in [-0.25, -0.2) is 0 Å². The highest BCUT2D eigenvalue weighted by atomic mass is 32.2. The van der Waals surface area contributed by atoms with Crippen LogP contribution < -0.4 is 0 Å². The van der Waals surface area contributed by atoms with Gasteiger partial charge in [0, 0.05) is 19.8 Å². The Balaban J connectivity index is 4.28. The molecule has 0 aromatic rings. The van der Waals surface area contributed by atoms with Crippen LogP contribution in [0.15, 0.2) is 0 Å². The third kappa shape index (κ3) is 12.3. The summed E-state index contributed by atoms with van der Waals surface area (Å²) >= 11 is 0. The van der Waals surface area contributed by atoms with Crippen LogP contribution in [0.4, 0.5) is 0 Å². The maximum atomic E-state index is 12.3. The molecule has 0 aliphatic carbocycles. The molecule has 1 N–H and O–H groups in total. The number of rotatable bonds is 24. The van der Waals surface area contributed by atoms with Crippen molar-refractivity contribution in [1.29, 1.82) is 0 Å². The molecule has 0 spiro atoms. The highest BCUT2D eigenvalue weighted by molar-refractivity contribution is 7.87. The van der Waals surface area contributed by atoms with Crippen molar-refractivity contribution in [1.82, 2.24) is 0 Å². The quantitative estimate of drug-likeness (QED) is 0.0887. The van der Waals surface area contributed by atoms with Crippen LogP contribution in [-0.4, -0.2) is 50.3 Å². The van der Waals surface area contributed by atoms with Crippen LogP contribution in [0.25, 0.3) is 0 Å². The zero-order chi connectivity index (χ0) is 25.1. The van der Waals surface area contributed by atoms with E-state index in [2.05, 4.69) is 6.92 Å². The van der Waals surface area contributed by atoms with Crippen LogP contribution >= 0.6 is 0 Å². The highest BCUT2D eigenvalue weighted by Gasteiger charge is 2.63. The first-order valence-electron chi connectivity index (χ1n) is 13.3. The first-order chi connectivity index (χ1) is 15.7. The fourth-order valence-corrected chi connectivity index (χ4v) is 5.24. The van der Waals surface area contributed by atoms with Crippen LogP contribution in [-0.2, 0) is 29.1 Å². The number of unbranched alkanes of at least 4 members (excludes halogenated alkanes) is 13. The van der Waals surface area contributed by atoms with E-state index in [4.69, 9.17) is 18.9 Å². The lowest BCUT2D eigenvalue weighted by Gasteiger charge is -2.43. The molecular formula is C25H52O7S. The molecule has 0 rings (SSSR count). The molecule has 0 saturated heterocycles. The van der Waals surface area contributed by atoms with E-state index in [1.54, 1.807) is 20.8 Å². The maximum absolute atomic E-state index is 12.3. The second kappa shape index (κ2) is 19.0. The molecule has 7 nitrogen and oxygen atoms in total. The van der Waals surface area contributed by atoms with E-state index in [0.29, 0.717) is 0 Å². The van der Waals surface area contributed by atoms with Gasteiger partial charge in [-0.3, -0.25) is 4.55 Å². The van der Waals surface area contributed by atoms with Crippen molar-refractivity contribution in [2.45, 2.75) is 135 Å². The molecule has 1 atom stereocenters. The van der Waals surface area contributed by atoms with Crippen LogP contribution in [0.5, 0.6) is 0 Å². The van der Waals surface area contributed by atoms with E-state index < -0.39 is 21.0 Å². The predicted octanol–water partition coefficient (Wildman–Crippen LogP) is 6.85. The minimum Gasteiger partial charge on any atom is -0.345 e. The normalized spacial score (nSPS) is 14.5. The lowest BCUT2D eigenvalue weighted by molar-refractivity contribution is -0.366. The van der Waals surface area contributed by atoms with E-state index in [1.165, 1.54) is 77.6 Å². The van der Waals surface area contributed by atoms with Crippen LogP contribution in [0.3, 0.4) is 0 Å². The van der Waals surface area contributed by atoms with Gasteiger partial charge < -0.3 is 18.9 Å². The Hall–Kier alpha value is -0.250. The molecule has 33 heavy (non-hydrogen) atoms. The Morgan fingerprint density at radius 3 is 1.27 bits per heavy atom. The van der Waals surface area contributed by atoms with Crippen molar-refractivity contribution in [3.63, 3.8) is 0 Å². The third-order valence-electron chi connectivity index (χ3n) is 5.86. The average molecular weight is 497 g/mol. The first-order valence-corrected chi connectivity index (χ1v) is 14.7. The van der Waals surface area contributed by atoms with Crippen molar-refractivity contribution in [2.75, 3.05) is 26.4 Å². The summed E-state index contributed by atoms with van der Waals surface area (Å²) in [5, 5.41) is -2.44. The van der Waals surface area contributed by atoms with E-state index in [0.717, 1.165) is 19.3 Å². The van der Waals surface area contributed by atoms with Gasteiger partial charge in [-0.1, -0.05) is 90.4 Å². The van der Waals surface area contributed by atoms with Gasteiger partial charge in [0.1, 0.15) is 0 Å². The second-order valence-corrected chi connectivity index (χ2v) is 10.2. The molecule has 1 unspecified atom stereocenters. The van der Waals surface area contributed by atoms with Crippen molar-refractivity contribution in [2.24, 2.45) is 0 Å². The monoisotopic (exact) mass is 496 g/mol. The Morgan fingerprint density at radius 1 is 0.576 bits per heavy atom. The van der Waals surface area contributed by atoms with E-state index in [1.807, 2.05) is 0 Å². The fraction of sp³-hybridized carbons (Fsp3) is 1.00. The topological polar surface area (TPSA) is 91.3 Å². The van der Waals surface area contributed by atoms with Gasteiger partial charge in [-0.15, -0.1) is 0 Å². The molecule has 8 heteroatoms. The lowest BCUT2D eigenvalue weighted by Crippen LogP contribution is -2.63. The minimum atomic E-state index is -4.80. The van der Waals surface area contributed by atoms with Crippen molar-refractivity contribution >= 4 is 10.1 Å². The summed E-state index contributed by atoms with van der Waals surface area (Å²) in [7, 11) is -4.80. The van der Waals surface area contributed by atoms with E-state index >= 15 is 0 Å². The summed E-state index contributed by atoms with van der Waals surface area (Å²) < 4.78 is 56.8. The Labute approximate surface area is 204 Å². The SMILES string of the molecule is CCCCCCCCCCCCCCCCOC(C)(OCC)C(OCC)(OCC)S(=O)(=O)O. The molecule has 0 aromatic heterocycles. The summed E-state index contributed by atoms with van der Waals surface area (Å²) in [4.78, 5) is 0. The summed E-state index contributed by atoms with van der Waals surface area (Å²) in [5.74, 6) is -1.79. The molecule has 0 radical (unpaired) electrons. The van der Waals surface area contributed by atoms with Gasteiger partial charge >= 0.3 is 15.2 Å². The minimum absolute atomic E-state index is 0.00463. The van der Waals surface area contributed by atoms with Gasteiger partial charge in [-0.05, 0) is 34.1 Å². The smallest absolute Gasteiger partial charge is 0.345 e. The molecule has 0 bridgehead atoms. The Morgan fingerprint density at radius 2 is 0.939 bits per heavy atom. The zero-order valence-corrected chi connectivity index (χ0v) is 22.8. The van der Waals surface area contributed by atoms with Crippen molar-refractivity contribution in [3.8, 4) is 0 Å². The van der Waals surface area contributed by atoms with Gasteiger partial charge in [0.25, 0.3) is 0 Å². The zero-order valence-electron chi connectivity index (χ0n) is 22.0. The summed E-state index contributed by atoms with van der Waals surface area (Å²) in [6.45, 7) is 9.14. The van der Waals surface area contributed by atoms with Crippen LogP contribution in [0.2, 0.25) is 0 Å². The van der Waals surface area contributed by atoms with Crippen LogP contribution in [0, 0.1) is 0 Å². The number of hydrogen-bond acceptors (Lipinski definition) is 6. The van der Waals surface area contributed by atoms with Crippen molar-refractivity contribution in [3.05, 3.63) is 0 Å². The van der Waals surface area contributed by atoms with Crippen molar-refractivity contribution < 1.29 is 31.9 Å². The molecule has 0 amide bonds. The molecule has 0 saturated carbocycles. The molecule has 0 aromatic carbocycles. The largest absolute Gasteiger partial charge is 0.355 e. The Bertz CT molecular complexity index is 547. The fourth-order valence-electron chi connectivity index (χ4n) is 4.12. The summed E-state index contributed by atoms with van der Waals surface area (Å²) in [6.07, 6.45) is 17.5. The molecule has 0 heterocycles. The molecule has 200 valence electrons. The van der Waals surface area contributed by atoms with Gasteiger partial charge in [0.05, 0.1) is 6.61 Å². The summed E-state index contributed by atoms with van der Waals surface area (Å²) in [5.41, 5.74) is 0. The highest BCUT2D eigenvalue weighted by Crippen LogP contribution is 2.37. The maximum Gasteiger partial charge on any atom is 0.355 e. The standard InChI is InChI=1S/C25H52O7S/c1-6-10-11-12-13-14-15-16-17-18-19-20-21-22-23-32-24(5,29-7-2)25(30-8-3,31-9-4)33(26,27)28/h6-23H2,1-5H3,(H,26,27,28).